The van der Waals surface area contributed by atoms with Crippen LogP contribution in [-0.2, 0) is 43.3 Å². The van der Waals surface area contributed by atoms with Gasteiger partial charge in [0.05, 0.1) is 10.8 Å². The number of hydrogen-bond donors (Lipinski definition) is 4. The number of hydrogen-bond acceptors (Lipinski definition) is 4. The van der Waals surface area contributed by atoms with Crippen molar-refractivity contribution in [1.29, 1.82) is 0 Å². The SMILES string of the molecule is CC(C)(C)c1ccc(Nc2ccc3c(c2)C(C)(C)c2ccccc2-3)cc1.CC(C)(C)c1ccc(Nc2ccc3c(c2)C(c2ccccc2)(c2ccccc2)c2ccccc2-3)cc1.CC(C)(C)c1ccc(Nc2ccc3c(c2)C2(c4ccccc4-c4ccccc42)c2ccccc2-3)cc1.CC1(C)c2ccccc2-c2ccc(Nc3ccc4c(c3)C(C)(C)c3ccccc3-4)cc21. The van der Waals surface area contributed by atoms with Gasteiger partial charge < -0.3 is 21.3 Å². The van der Waals surface area contributed by atoms with Gasteiger partial charge >= 0.3 is 0 Å². The van der Waals surface area contributed by atoms with Crippen molar-refractivity contribution in [1.82, 2.24) is 0 Å². The summed E-state index contributed by atoms with van der Waals surface area (Å²) in [6.07, 6.45) is 0. The van der Waals surface area contributed by atoms with Crippen molar-refractivity contribution in [3.8, 4) is 66.8 Å². The molecule has 0 heterocycles. The first kappa shape index (κ1) is 83.2. The van der Waals surface area contributed by atoms with E-state index in [1.54, 1.807) is 0 Å². The van der Waals surface area contributed by atoms with Gasteiger partial charge in [-0.2, -0.15) is 0 Å². The standard InChI is InChI=1S/C35H29N.C35H31N.C30H27N.C25H27N/c1-34(2,3)23-16-18-24(19-17-23)36-25-20-21-29-28-12-6-9-15-32(28)35(33(29)22-25)30-13-7-4-10-26(30)27-11-5-8-14-31(27)35;1-34(2,3)25-18-20-28(21-19-25)36-29-22-23-31-30-16-10-11-17-32(30)35(33(31)24-29,26-12-6-4-7-13-26)27-14-8-5-9-15-27;1-29(2)25-11-7-5-9-21(25)23-15-13-19(17-27(23)29)31-20-14-16-24-22-10-6-8-12-26(22)30(3,4)28(24)18-20;1-24(2,3)17-10-12-18(13-11-17)26-19-14-15-21-20-8-6-7-9-22(20)25(4,5)23(21)16-19/h4-22,36H,1-3H3;4-24,36H,1-3H3;5-18,31H,1-4H3;6-16,26H,1-5H3. The van der Waals surface area contributed by atoms with Crippen LogP contribution >= 0.6 is 0 Å². The predicted molar refractivity (Wildman–Crippen MR) is 547 cm³/mol. The molecule has 0 radical (unpaired) electrons. The van der Waals surface area contributed by atoms with E-state index in [1.165, 1.54) is 161 Å². The maximum atomic E-state index is 3.69. The average molecular weight is 1670 g/mol. The molecule has 6 aliphatic rings. The molecule has 17 aromatic carbocycles. The molecule has 4 N–H and O–H groups in total. The molecular weight excluding hydrogens is 1560 g/mol. The highest BCUT2D eigenvalue weighted by Crippen LogP contribution is 2.64. The van der Waals surface area contributed by atoms with Crippen LogP contribution in [0.2, 0.25) is 0 Å². The minimum absolute atomic E-state index is 0.0190. The second-order valence-electron chi connectivity index (χ2n) is 40.7. The van der Waals surface area contributed by atoms with E-state index in [4.69, 9.17) is 0 Å². The van der Waals surface area contributed by atoms with Crippen LogP contribution < -0.4 is 21.3 Å². The van der Waals surface area contributed by atoms with Crippen LogP contribution in [0, 0.1) is 0 Å². The molecule has 0 amide bonds. The Morgan fingerprint density at radius 1 is 0.155 bits per heavy atom. The van der Waals surface area contributed by atoms with Gasteiger partial charge in [0.15, 0.2) is 0 Å². The summed E-state index contributed by atoms with van der Waals surface area (Å²) in [7, 11) is 0. The summed E-state index contributed by atoms with van der Waals surface area (Å²) in [5.41, 5.74) is 48.2. The van der Waals surface area contributed by atoms with Crippen LogP contribution in [0.15, 0.2) is 394 Å². The van der Waals surface area contributed by atoms with Gasteiger partial charge in [-0.05, 0) is 275 Å². The molecular formula is C125H114N4. The van der Waals surface area contributed by atoms with Crippen LogP contribution in [-0.4, -0.2) is 0 Å². The number of nitrogens with one attached hydrogen (secondary N) is 4. The summed E-state index contributed by atoms with van der Waals surface area (Å²) >= 11 is 0. The quantitative estimate of drug-likeness (QED) is 0.110. The number of anilines is 8. The van der Waals surface area contributed by atoms with Gasteiger partial charge in [-0.3, -0.25) is 0 Å². The average Bonchev–Trinajstić information content (AvgIpc) is 1.51. The number of rotatable bonds is 10. The Balaban J connectivity index is 0.000000109. The van der Waals surface area contributed by atoms with E-state index in [2.05, 4.69) is 519 Å². The van der Waals surface area contributed by atoms with Crippen LogP contribution in [0.25, 0.3) is 66.8 Å². The second kappa shape index (κ2) is 31.8. The van der Waals surface area contributed by atoms with E-state index in [0.717, 1.165) is 45.5 Å². The summed E-state index contributed by atoms with van der Waals surface area (Å²) < 4.78 is 0. The molecule has 0 saturated carbocycles. The first-order valence-corrected chi connectivity index (χ1v) is 46.0. The summed E-state index contributed by atoms with van der Waals surface area (Å²) in [5.74, 6) is 0. The molecule has 6 aliphatic carbocycles. The van der Waals surface area contributed by atoms with Gasteiger partial charge in [-0.25, -0.2) is 0 Å². The number of benzene rings is 17. The summed E-state index contributed by atoms with van der Waals surface area (Å²) in [5, 5.41) is 14.6. The van der Waals surface area contributed by atoms with Crippen LogP contribution in [0.3, 0.4) is 0 Å². The normalized spacial score (nSPS) is 14.6. The Kier molecular flexibility index (Phi) is 20.5. The van der Waals surface area contributed by atoms with Gasteiger partial charge in [0.25, 0.3) is 0 Å². The molecule has 634 valence electrons. The maximum Gasteiger partial charge on any atom is 0.0726 e. The predicted octanol–water partition coefficient (Wildman–Crippen LogP) is 33.2. The molecule has 0 aromatic heterocycles. The van der Waals surface area contributed by atoms with Gasteiger partial charge in [0, 0.05) is 61.7 Å². The Labute approximate surface area is 764 Å². The van der Waals surface area contributed by atoms with Crippen molar-refractivity contribution in [2.24, 2.45) is 0 Å². The van der Waals surface area contributed by atoms with Crippen LogP contribution in [0.4, 0.5) is 45.5 Å². The molecule has 23 rings (SSSR count). The molecule has 0 bridgehead atoms. The van der Waals surface area contributed by atoms with E-state index >= 15 is 0 Å². The Morgan fingerprint density at radius 3 is 0.589 bits per heavy atom. The lowest BCUT2D eigenvalue weighted by atomic mass is 9.67. The van der Waals surface area contributed by atoms with Gasteiger partial charge in [0.1, 0.15) is 0 Å². The third-order valence-electron chi connectivity index (χ3n) is 28.6. The first-order valence-electron chi connectivity index (χ1n) is 46.0. The third kappa shape index (κ3) is 14.3. The van der Waals surface area contributed by atoms with E-state index in [-0.39, 0.29) is 43.3 Å². The second-order valence-corrected chi connectivity index (χ2v) is 40.7. The Bertz CT molecular complexity index is 6790. The topological polar surface area (TPSA) is 48.1 Å². The molecule has 17 aromatic rings. The molecule has 0 unspecified atom stereocenters. The minimum Gasteiger partial charge on any atom is -0.356 e. The molecule has 0 atom stereocenters. The van der Waals surface area contributed by atoms with Crippen LogP contribution in [0.5, 0.6) is 0 Å². The Morgan fingerprint density at radius 2 is 0.333 bits per heavy atom. The van der Waals surface area contributed by atoms with Crippen molar-refractivity contribution in [3.05, 3.63) is 489 Å². The monoisotopic (exact) mass is 1670 g/mol. The van der Waals surface area contributed by atoms with E-state index in [1.807, 2.05) is 0 Å². The fraction of sp³-hybridized carbons (Fsp3) is 0.184. The fourth-order valence-corrected chi connectivity index (χ4v) is 21.9. The van der Waals surface area contributed by atoms with E-state index in [9.17, 15) is 0 Å². The molecule has 0 fully saturated rings. The van der Waals surface area contributed by atoms with Gasteiger partial charge in [-0.1, -0.05) is 401 Å². The van der Waals surface area contributed by atoms with Crippen molar-refractivity contribution < 1.29 is 0 Å². The van der Waals surface area contributed by atoms with Crippen molar-refractivity contribution in [2.45, 2.75) is 147 Å². The largest absolute Gasteiger partial charge is 0.356 e. The van der Waals surface area contributed by atoms with E-state index in [0.29, 0.717) is 0 Å². The van der Waals surface area contributed by atoms with Crippen molar-refractivity contribution in [3.63, 3.8) is 0 Å². The summed E-state index contributed by atoms with van der Waals surface area (Å²) in [6.45, 7) is 34.2. The zero-order chi connectivity index (χ0) is 89.2. The first-order chi connectivity index (χ1) is 62.1. The lowest BCUT2D eigenvalue weighted by molar-refractivity contribution is 0.590. The highest BCUT2D eigenvalue weighted by Gasteiger charge is 2.52. The molecule has 0 saturated heterocycles. The van der Waals surface area contributed by atoms with Gasteiger partial charge in [0.2, 0.25) is 0 Å². The Hall–Kier alpha value is -14.1. The molecule has 4 heteroatoms. The fourth-order valence-electron chi connectivity index (χ4n) is 21.9. The lowest BCUT2D eigenvalue weighted by Gasteiger charge is -2.34. The molecule has 0 aliphatic heterocycles. The van der Waals surface area contributed by atoms with Crippen molar-refractivity contribution >= 4 is 45.5 Å². The zero-order valence-corrected chi connectivity index (χ0v) is 77.0. The molecule has 1 spiro atoms. The van der Waals surface area contributed by atoms with Gasteiger partial charge in [-0.15, -0.1) is 0 Å². The lowest BCUT2D eigenvalue weighted by Crippen LogP contribution is -2.28. The smallest absolute Gasteiger partial charge is 0.0726 e. The summed E-state index contributed by atoms with van der Waals surface area (Å²) in [4.78, 5) is 0. The molecule has 4 nitrogen and oxygen atoms in total. The maximum absolute atomic E-state index is 3.69. The summed E-state index contributed by atoms with van der Waals surface area (Å²) in [6, 6.07) is 145. The third-order valence-corrected chi connectivity index (χ3v) is 28.6. The highest BCUT2D eigenvalue weighted by molar-refractivity contribution is 5.97. The molecule has 129 heavy (non-hydrogen) atoms. The highest BCUT2D eigenvalue weighted by atomic mass is 14.9. The zero-order valence-electron chi connectivity index (χ0n) is 77.0. The van der Waals surface area contributed by atoms with Crippen LogP contribution in [0.1, 0.15) is 198 Å². The number of fused-ring (bicyclic) bond motifs is 22. The van der Waals surface area contributed by atoms with E-state index < -0.39 is 0 Å². The minimum atomic E-state index is -0.373. The van der Waals surface area contributed by atoms with Crippen molar-refractivity contribution in [2.75, 3.05) is 21.3 Å².